The largest absolute Gasteiger partial charge is 0.492 e. The van der Waals surface area contributed by atoms with E-state index in [2.05, 4.69) is 10.3 Å². The standard InChI is InChI=1S/C18H16N4O3/c1-18(15-4-2-3-9-20-15)16(23)22(17(24)21-18)10-11-25-14-7-5-13(12-19)6-8-14/h2-9H,10-11H2,1H3,(H,21,24)/t18-/m1/s1. The van der Waals surface area contributed by atoms with Crippen LogP contribution in [0.25, 0.3) is 0 Å². The number of nitriles is 1. The quantitative estimate of drug-likeness (QED) is 0.840. The molecule has 1 aliphatic heterocycles. The second kappa shape index (κ2) is 6.61. The summed E-state index contributed by atoms with van der Waals surface area (Å²) in [6.45, 7) is 1.91. The number of urea groups is 1. The number of amides is 3. The predicted octanol–water partition coefficient (Wildman–Crippen LogP) is 1.80. The monoisotopic (exact) mass is 336 g/mol. The van der Waals surface area contributed by atoms with Crippen LogP contribution in [0.4, 0.5) is 4.79 Å². The summed E-state index contributed by atoms with van der Waals surface area (Å²) >= 11 is 0. The summed E-state index contributed by atoms with van der Waals surface area (Å²) < 4.78 is 5.54. The third-order valence-corrected chi connectivity index (χ3v) is 4.02. The highest BCUT2D eigenvalue weighted by atomic mass is 16.5. The van der Waals surface area contributed by atoms with Crippen molar-refractivity contribution < 1.29 is 14.3 Å². The van der Waals surface area contributed by atoms with Gasteiger partial charge in [-0.15, -0.1) is 0 Å². The molecule has 7 heteroatoms. The zero-order valence-electron chi connectivity index (χ0n) is 13.6. The van der Waals surface area contributed by atoms with Crippen LogP contribution in [0, 0.1) is 11.3 Å². The Morgan fingerprint density at radius 2 is 2.00 bits per heavy atom. The van der Waals surface area contributed by atoms with Gasteiger partial charge in [-0.3, -0.25) is 14.7 Å². The predicted molar refractivity (Wildman–Crippen MR) is 88.5 cm³/mol. The molecule has 7 nitrogen and oxygen atoms in total. The number of hydrogen-bond acceptors (Lipinski definition) is 5. The lowest BCUT2D eigenvalue weighted by Gasteiger charge is -2.20. The van der Waals surface area contributed by atoms with E-state index in [-0.39, 0.29) is 19.1 Å². The zero-order chi connectivity index (χ0) is 17.9. The lowest BCUT2D eigenvalue weighted by molar-refractivity contribution is -0.131. The van der Waals surface area contributed by atoms with Crippen LogP contribution in [0.15, 0.2) is 48.7 Å². The minimum absolute atomic E-state index is 0.118. The smallest absolute Gasteiger partial charge is 0.325 e. The van der Waals surface area contributed by atoms with Crippen LogP contribution >= 0.6 is 0 Å². The molecule has 3 amide bonds. The number of pyridine rings is 1. The lowest BCUT2D eigenvalue weighted by atomic mass is 9.97. The maximum atomic E-state index is 12.7. The van der Waals surface area contributed by atoms with Gasteiger partial charge in [0.25, 0.3) is 5.91 Å². The fourth-order valence-electron chi connectivity index (χ4n) is 2.61. The molecule has 126 valence electrons. The summed E-state index contributed by atoms with van der Waals surface area (Å²) in [5.74, 6) is 0.207. The van der Waals surface area contributed by atoms with Gasteiger partial charge in [0.05, 0.1) is 23.9 Å². The number of imide groups is 1. The average molecular weight is 336 g/mol. The lowest BCUT2D eigenvalue weighted by Crippen LogP contribution is -2.42. The topological polar surface area (TPSA) is 95.3 Å². The third kappa shape index (κ3) is 3.15. The van der Waals surface area contributed by atoms with Crippen LogP contribution < -0.4 is 10.1 Å². The van der Waals surface area contributed by atoms with Crippen molar-refractivity contribution in [2.45, 2.75) is 12.5 Å². The first-order valence-electron chi connectivity index (χ1n) is 7.73. The van der Waals surface area contributed by atoms with E-state index in [1.54, 1.807) is 55.6 Å². The van der Waals surface area contributed by atoms with Crippen LogP contribution in [0.1, 0.15) is 18.2 Å². The van der Waals surface area contributed by atoms with Crippen LogP contribution in [-0.2, 0) is 10.3 Å². The Morgan fingerprint density at radius 1 is 1.24 bits per heavy atom. The summed E-state index contributed by atoms with van der Waals surface area (Å²) in [7, 11) is 0. The molecule has 2 heterocycles. The Labute approximate surface area is 144 Å². The van der Waals surface area contributed by atoms with Crippen molar-refractivity contribution >= 4 is 11.9 Å². The number of nitrogens with zero attached hydrogens (tertiary/aromatic N) is 3. The summed E-state index contributed by atoms with van der Waals surface area (Å²) in [6, 6.07) is 13.4. The Balaban J connectivity index is 1.64. The van der Waals surface area contributed by atoms with Gasteiger partial charge in [-0.05, 0) is 43.3 Å². The Hall–Kier alpha value is -3.40. The minimum Gasteiger partial charge on any atom is -0.492 e. The van der Waals surface area contributed by atoms with E-state index in [4.69, 9.17) is 10.00 Å². The number of aromatic nitrogens is 1. The number of nitrogens with one attached hydrogen (secondary N) is 1. The van der Waals surface area contributed by atoms with Crippen molar-refractivity contribution in [1.82, 2.24) is 15.2 Å². The Bertz CT molecular complexity index is 830. The summed E-state index contributed by atoms with van der Waals surface area (Å²) in [5.41, 5.74) is -0.149. The molecule has 1 aromatic heterocycles. The molecule has 0 radical (unpaired) electrons. The molecule has 2 aromatic rings. The van der Waals surface area contributed by atoms with Gasteiger partial charge < -0.3 is 10.1 Å². The molecule has 0 unspecified atom stereocenters. The van der Waals surface area contributed by atoms with Gasteiger partial charge in [-0.25, -0.2) is 4.79 Å². The first-order chi connectivity index (χ1) is 12.0. The maximum absolute atomic E-state index is 12.7. The van der Waals surface area contributed by atoms with E-state index in [0.717, 1.165) is 4.90 Å². The number of carbonyl (C=O) groups is 2. The number of rotatable bonds is 5. The van der Waals surface area contributed by atoms with Gasteiger partial charge in [0.2, 0.25) is 0 Å². The highest BCUT2D eigenvalue weighted by Gasteiger charge is 2.49. The van der Waals surface area contributed by atoms with E-state index < -0.39 is 11.6 Å². The van der Waals surface area contributed by atoms with E-state index in [1.165, 1.54) is 0 Å². The molecule has 1 aromatic carbocycles. The van der Waals surface area contributed by atoms with Gasteiger partial charge in [0, 0.05) is 6.20 Å². The number of ether oxygens (including phenoxy) is 1. The molecule has 25 heavy (non-hydrogen) atoms. The summed E-state index contributed by atoms with van der Waals surface area (Å²) in [5, 5.41) is 11.5. The van der Waals surface area contributed by atoms with E-state index >= 15 is 0 Å². The fraction of sp³-hybridized carbons (Fsp3) is 0.222. The average Bonchev–Trinajstić information content (AvgIpc) is 2.87. The fourth-order valence-corrected chi connectivity index (χ4v) is 2.61. The van der Waals surface area contributed by atoms with Crippen molar-refractivity contribution in [2.75, 3.05) is 13.2 Å². The normalized spacial score (nSPS) is 19.4. The van der Waals surface area contributed by atoms with Crippen LogP contribution in [0.2, 0.25) is 0 Å². The van der Waals surface area contributed by atoms with Crippen molar-refractivity contribution in [2.24, 2.45) is 0 Å². The Kier molecular flexibility index (Phi) is 4.35. The molecule has 1 saturated heterocycles. The molecule has 0 saturated carbocycles. The van der Waals surface area contributed by atoms with Gasteiger partial charge in [0.15, 0.2) is 5.54 Å². The van der Waals surface area contributed by atoms with Gasteiger partial charge in [0.1, 0.15) is 12.4 Å². The first-order valence-corrected chi connectivity index (χ1v) is 7.73. The molecule has 3 rings (SSSR count). The number of hydrogen-bond donors (Lipinski definition) is 1. The second-order valence-corrected chi connectivity index (χ2v) is 5.71. The van der Waals surface area contributed by atoms with Gasteiger partial charge in [-0.1, -0.05) is 6.07 Å². The molecular formula is C18H16N4O3. The van der Waals surface area contributed by atoms with Crippen LogP contribution in [-0.4, -0.2) is 35.0 Å². The third-order valence-electron chi connectivity index (χ3n) is 4.02. The highest BCUT2D eigenvalue weighted by Crippen LogP contribution is 2.27. The minimum atomic E-state index is -1.17. The molecule has 0 spiro atoms. The van der Waals surface area contributed by atoms with Crippen molar-refractivity contribution in [3.63, 3.8) is 0 Å². The SMILES string of the molecule is C[C@]1(c2ccccn2)NC(=O)N(CCOc2ccc(C#N)cc2)C1=O. The molecule has 1 atom stereocenters. The summed E-state index contributed by atoms with van der Waals surface area (Å²) in [4.78, 5) is 30.1. The summed E-state index contributed by atoms with van der Waals surface area (Å²) in [6.07, 6.45) is 1.58. The molecule has 0 aliphatic carbocycles. The highest BCUT2D eigenvalue weighted by molar-refractivity contribution is 6.06. The van der Waals surface area contributed by atoms with Gasteiger partial charge in [-0.2, -0.15) is 5.26 Å². The Morgan fingerprint density at radius 3 is 2.64 bits per heavy atom. The van der Waals surface area contributed by atoms with Gasteiger partial charge >= 0.3 is 6.03 Å². The van der Waals surface area contributed by atoms with Crippen LogP contribution in [0.5, 0.6) is 5.75 Å². The molecule has 1 aliphatic rings. The van der Waals surface area contributed by atoms with Crippen molar-refractivity contribution in [1.29, 1.82) is 5.26 Å². The maximum Gasteiger partial charge on any atom is 0.325 e. The zero-order valence-corrected chi connectivity index (χ0v) is 13.6. The number of benzene rings is 1. The molecular weight excluding hydrogens is 320 g/mol. The first kappa shape index (κ1) is 16.5. The van der Waals surface area contributed by atoms with Crippen molar-refractivity contribution in [3.05, 3.63) is 59.9 Å². The van der Waals surface area contributed by atoms with E-state index in [0.29, 0.717) is 17.0 Å². The molecule has 1 N–H and O–H groups in total. The van der Waals surface area contributed by atoms with E-state index in [9.17, 15) is 9.59 Å². The second-order valence-electron chi connectivity index (χ2n) is 5.71. The number of carbonyl (C=O) groups excluding carboxylic acids is 2. The molecule has 0 bridgehead atoms. The van der Waals surface area contributed by atoms with Crippen molar-refractivity contribution in [3.8, 4) is 11.8 Å². The van der Waals surface area contributed by atoms with E-state index in [1.807, 2.05) is 6.07 Å². The van der Waals surface area contributed by atoms with Crippen LogP contribution in [0.3, 0.4) is 0 Å². The molecule has 1 fully saturated rings.